The van der Waals surface area contributed by atoms with Gasteiger partial charge in [-0.25, -0.2) is 0 Å². The van der Waals surface area contributed by atoms with Crippen LogP contribution in [0.25, 0.3) is 0 Å². The Morgan fingerprint density at radius 1 is 0.843 bits per heavy atom. The average Bonchev–Trinajstić information content (AvgIpc) is 3.38. The molecule has 0 bridgehead atoms. The molecule has 9 heteroatoms. The van der Waals surface area contributed by atoms with E-state index in [4.69, 9.17) is 4.74 Å². The summed E-state index contributed by atoms with van der Waals surface area (Å²) in [4.78, 5) is 36.2. The second kappa shape index (κ2) is 14.3. The topological polar surface area (TPSA) is 92.7 Å². The molecule has 0 spiro atoms. The molecule has 0 aromatic heterocycles. The summed E-state index contributed by atoms with van der Waals surface area (Å²) < 4.78 is 45.3. The number of amides is 1. The Labute approximate surface area is 305 Å². The lowest BCUT2D eigenvalue weighted by atomic mass is 9.32. The minimum Gasteiger partial charge on any atom is -0.481 e. The van der Waals surface area contributed by atoms with E-state index in [1.165, 1.54) is 5.57 Å². The number of carbonyl (C=O) groups excluding carboxylic acids is 2. The molecule has 0 radical (unpaired) electrons. The van der Waals surface area contributed by atoms with Crippen LogP contribution >= 0.6 is 0 Å². The minimum atomic E-state index is -4.87. The third-order valence-electron chi connectivity index (χ3n) is 15.9. The maximum atomic E-state index is 13.2. The highest BCUT2D eigenvalue weighted by molar-refractivity contribution is 5.81. The summed E-state index contributed by atoms with van der Waals surface area (Å²) in [5.74, 6) is -1.03. The molecule has 4 unspecified atom stereocenters. The van der Waals surface area contributed by atoms with Crippen LogP contribution in [0.5, 0.6) is 0 Å². The van der Waals surface area contributed by atoms with Gasteiger partial charge >= 0.3 is 24.0 Å². The number of halogens is 3. The van der Waals surface area contributed by atoms with Crippen LogP contribution in [-0.2, 0) is 19.1 Å². The molecule has 0 aromatic rings. The number of esters is 1. The Morgan fingerprint density at radius 3 is 2.08 bits per heavy atom. The monoisotopic (exact) mass is 724 g/mol. The van der Waals surface area contributed by atoms with Crippen molar-refractivity contribution in [1.82, 2.24) is 5.32 Å². The highest BCUT2D eigenvalue weighted by Crippen LogP contribution is 2.78. The Bertz CT molecular complexity index is 1340. The SMILES string of the molecule is C=C(C)[C@@H]1CC[C@]2(CCNC(=O)C(F)(F)F)CC[C@]3(C)[C@H](CCC4[C@@]5(C)CCC(OC(=O)CC(C)(C)CC(=O)O)C(C)(C)C5CC[C@]43C)C12.CC. The molecule has 0 saturated heterocycles. The smallest absolute Gasteiger partial charge is 0.471 e. The van der Waals surface area contributed by atoms with Crippen LogP contribution in [0.1, 0.15) is 153 Å². The Morgan fingerprint density at radius 2 is 1.49 bits per heavy atom. The Hall–Kier alpha value is -2.06. The zero-order valence-corrected chi connectivity index (χ0v) is 33.3. The van der Waals surface area contributed by atoms with E-state index in [2.05, 4.69) is 53.4 Å². The van der Waals surface area contributed by atoms with Crippen molar-refractivity contribution in [3.8, 4) is 0 Å². The number of rotatable bonds is 9. The van der Waals surface area contributed by atoms with Gasteiger partial charge in [0.15, 0.2) is 0 Å². The molecule has 0 aromatic carbocycles. The molecule has 5 rings (SSSR count). The van der Waals surface area contributed by atoms with E-state index in [0.29, 0.717) is 36.0 Å². The van der Waals surface area contributed by atoms with Crippen LogP contribution < -0.4 is 5.32 Å². The van der Waals surface area contributed by atoms with Crippen LogP contribution in [0.4, 0.5) is 13.2 Å². The van der Waals surface area contributed by atoms with E-state index in [0.717, 1.165) is 64.2 Å². The third-order valence-corrected chi connectivity index (χ3v) is 15.9. The minimum absolute atomic E-state index is 0.0543. The standard InChI is InChI=1S/C40H62F3NO5.C2H6/c1-24(2)25-12-17-39(20-21-44-33(48)40(41,42)43)19-18-37(8)26(32(25)39)10-11-28-36(7)15-14-29(35(5,6)27(36)13-16-38(28,37)9)49-31(47)23-34(3,4)22-30(45)46;1-2/h25-29,32H,1,10-23H2,2-9H3,(H,44,48)(H,45,46);1-2H3/t25-,26+,27?,28?,29?,32?,36-,37+,38+,39+;/m0./s1. The lowest BCUT2D eigenvalue weighted by molar-refractivity contribution is -0.250. The molecule has 51 heavy (non-hydrogen) atoms. The molecule has 1 amide bonds. The molecule has 292 valence electrons. The fourth-order valence-corrected chi connectivity index (χ4v) is 13.5. The maximum Gasteiger partial charge on any atom is 0.471 e. The molecule has 2 N–H and O–H groups in total. The van der Waals surface area contributed by atoms with Crippen LogP contribution in [0.15, 0.2) is 12.2 Å². The van der Waals surface area contributed by atoms with Gasteiger partial charge in [-0.3, -0.25) is 14.4 Å². The van der Waals surface area contributed by atoms with Crippen LogP contribution in [-0.4, -0.2) is 41.8 Å². The van der Waals surface area contributed by atoms with E-state index >= 15 is 0 Å². The van der Waals surface area contributed by atoms with Crippen LogP contribution in [0.2, 0.25) is 0 Å². The number of allylic oxidation sites excluding steroid dienone is 1. The molecule has 0 aliphatic heterocycles. The first kappa shape index (κ1) is 41.7. The normalized spacial score (nSPS) is 39.9. The largest absolute Gasteiger partial charge is 0.481 e. The summed E-state index contributed by atoms with van der Waals surface area (Å²) in [6.07, 6.45) is 5.67. The van der Waals surface area contributed by atoms with Crippen molar-refractivity contribution in [1.29, 1.82) is 0 Å². The molecule has 0 heterocycles. The van der Waals surface area contributed by atoms with E-state index in [1.54, 1.807) is 13.8 Å². The first-order chi connectivity index (χ1) is 23.4. The second-order valence-corrected chi connectivity index (χ2v) is 19.3. The summed E-state index contributed by atoms with van der Waals surface area (Å²) in [5, 5.41) is 11.5. The van der Waals surface area contributed by atoms with Gasteiger partial charge in [0.2, 0.25) is 0 Å². The quantitative estimate of drug-likeness (QED) is 0.182. The number of ether oxygens (including phenoxy) is 1. The number of aliphatic carboxylic acids is 1. The van der Waals surface area contributed by atoms with Crippen LogP contribution in [0.3, 0.4) is 0 Å². The van der Waals surface area contributed by atoms with Gasteiger partial charge in [-0.2, -0.15) is 13.2 Å². The van der Waals surface area contributed by atoms with Crippen molar-refractivity contribution in [3.05, 3.63) is 12.2 Å². The number of hydrogen-bond acceptors (Lipinski definition) is 4. The number of carbonyl (C=O) groups is 3. The van der Waals surface area contributed by atoms with Crippen molar-refractivity contribution in [3.63, 3.8) is 0 Å². The number of carboxylic acid groups (broad SMARTS) is 1. The van der Waals surface area contributed by atoms with Gasteiger partial charge in [-0.15, -0.1) is 0 Å². The second-order valence-electron chi connectivity index (χ2n) is 19.3. The Kier molecular flexibility index (Phi) is 11.7. The number of hydrogen-bond donors (Lipinski definition) is 2. The van der Waals surface area contributed by atoms with Gasteiger partial charge in [0.1, 0.15) is 6.10 Å². The third kappa shape index (κ3) is 7.27. The van der Waals surface area contributed by atoms with Gasteiger partial charge in [0, 0.05) is 12.0 Å². The number of nitrogens with one attached hydrogen (secondary N) is 1. The highest BCUT2D eigenvalue weighted by Gasteiger charge is 2.71. The molecule has 5 aliphatic rings. The van der Waals surface area contributed by atoms with Crippen molar-refractivity contribution in [2.24, 2.45) is 62.1 Å². The number of carboxylic acids is 1. The number of alkyl halides is 3. The first-order valence-electron chi connectivity index (χ1n) is 19.9. The van der Waals surface area contributed by atoms with E-state index in [9.17, 15) is 32.7 Å². The van der Waals surface area contributed by atoms with Gasteiger partial charge in [0.25, 0.3) is 0 Å². The van der Waals surface area contributed by atoms with Gasteiger partial charge in [-0.1, -0.05) is 74.5 Å². The molecule has 5 aliphatic carbocycles. The van der Waals surface area contributed by atoms with Crippen molar-refractivity contribution >= 4 is 17.8 Å². The molecular weight excluding hydrogens is 655 g/mol. The van der Waals surface area contributed by atoms with Gasteiger partial charge in [0.05, 0.1) is 12.8 Å². The zero-order chi connectivity index (χ0) is 38.6. The van der Waals surface area contributed by atoms with Gasteiger partial charge < -0.3 is 15.2 Å². The van der Waals surface area contributed by atoms with E-state index in [1.807, 2.05) is 13.8 Å². The summed E-state index contributed by atoms with van der Waals surface area (Å²) in [6.45, 7) is 26.3. The zero-order valence-electron chi connectivity index (χ0n) is 33.3. The summed E-state index contributed by atoms with van der Waals surface area (Å²) in [7, 11) is 0. The summed E-state index contributed by atoms with van der Waals surface area (Å²) in [6, 6.07) is 0. The molecule has 5 saturated carbocycles. The molecular formula is C42H68F3NO5. The Balaban J connectivity index is 0.00000286. The average molecular weight is 724 g/mol. The van der Waals surface area contributed by atoms with Crippen LogP contribution in [0, 0.1) is 62.1 Å². The summed E-state index contributed by atoms with van der Waals surface area (Å²) >= 11 is 0. The summed E-state index contributed by atoms with van der Waals surface area (Å²) in [5.41, 5.74) is 0.454. The molecule has 10 atom stereocenters. The molecule has 5 fully saturated rings. The van der Waals surface area contributed by atoms with Gasteiger partial charge in [-0.05, 0) is 134 Å². The fraction of sp³-hybridized carbons (Fsp3) is 0.881. The lowest BCUT2D eigenvalue weighted by Crippen LogP contribution is -2.66. The number of fused-ring (bicyclic) bond motifs is 7. The van der Waals surface area contributed by atoms with Crippen molar-refractivity contribution in [2.75, 3.05) is 6.54 Å². The van der Waals surface area contributed by atoms with E-state index in [-0.39, 0.29) is 58.5 Å². The highest BCUT2D eigenvalue weighted by atomic mass is 19.4. The van der Waals surface area contributed by atoms with E-state index < -0.39 is 23.5 Å². The fourth-order valence-electron chi connectivity index (χ4n) is 13.5. The molecule has 6 nitrogen and oxygen atoms in total. The predicted molar refractivity (Wildman–Crippen MR) is 195 cm³/mol. The predicted octanol–water partition coefficient (Wildman–Crippen LogP) is 10.5. The lowest BCUT2D eigenvalue weighted by Gasteiger charge is -2.73. The maximum absolute atomic E-state index is 13.2. The van der Waals surface area contributed by atoms with Crippen molar-refractivity contribution < 1.29 is 37.4 Å². The first-order valence-corrected chi connectivity index (χ1v) is 19.9. The van der Waals surface area contributed by atoms with Crippen molar-refractivity contribution in [2.45, 2.75) is 165 Å².